The molecule has 13 heteroatoms. The molecule has 1 amide bonds. The molecule has 2 bridgehead atoms. The van der Waals surface area contributed by atoms with Gasteiger partial charge < -0.3 is 24.2 Å². The summed E-state index contributed by atoms with van der Waals surface area (Å²) in [6, 6.07) is 5.70. The van der Waals surface area contributed by atoms with E-state index in [0.29, 0.717) is 64.0 Å². The first kappa shape index (κ1) is 30.2. The van der Waals surface area contributed by atoms with E-state index < -0.39 is 6.09 Å². The third-order valence-electron chi connectivity index (χ3n) is 10.6. The lowest BCUT2D eigenvalue weighted by molar-refractivity contribution is 0.0511. The molecule has 1 aromatic carbocycles. The number of aromatic nitrogens is 3. The number of hydrogen-bond donors (Lipinski definition) is 1. The lowest BCUT2D eigenvalue weighted by Gasteiger charge is -2.40. The first-order chi connectivity index (χ1) is 22.3. The van der Waals surface area contributed by atoms with E-state index in [2.05, 4.69) is 9.80 Å². The minimum absolute atomic E-state index is 0.0296. The Morgan fingerprint density at radius 1 is 0.978 bits per heavy atom. The number of rotatable bonds is 9. The van der Waals surface area contributed by atoms with Crippen molar-refractivity contribution in [3.8, 4) is 23.0 Å². The predicted molar refractivity (Wildman–Crippen MR) is 174 cm³/mol. The van der Waals surface area contributed by atoms with Crippen LogP contribution in [-0.4, -0.2) is 100 Å². The van der Waals surface area contributed by atoms with Gasteiger partial charge in [-0.05, 0) is 94.1 Å². The van der Waals surface area contributed by atoms with Crippen LogP contribution < -0.4 is 14.4 Å². The van der Waals surface area contributed by atoms with Gasteiger partial charge in [0.25, 0.3) is 0 Å². The van der Waals surface area contributed by atoms with Gasteiger partial charge in [0.05, 0.1) is 33.7 Å². The molecule has 11 nitrogen and oxygen atoms in total. The van der Waals surface area contributed by atoms with Crippen LogP contribution in [0.15, 0.2) is 18.2 Å². The van der Waals surface area contributed by atoms with E-state index >= 15 is 0 Å². The Labute approximate surface area is 277 Å². The monoisotopic (exact) mass is 668 g/mol. The van der Waals surface area contributed by atoms with Crippen molar-refractivity contribution in [1.82, 2.24) is 24.8 Å². The topological polar surface area (TPSA) is 113 Å². The average molecular weight is 670 g/mol. The van der Waals surface area contributed by atoms with Crippen LogP contribution in [0, 0.1) is 0 Å². The smallest absolute Gasteiger partial charge is 0.407 e. The van der Waals surface area contributed by atoms with Gasteiger partial charge in [0, 0.05) is 30.8 Å². The van der Waals surface area contributed by atoms with Gasteiger partial charge in [0.2, 0.25) is 0 Å². The molecule has 0 radical (unpaired) electrons. The van der Waals surface area contributed by atoms with Crippen molar-refractivity contribution < 1.29 is 24.1 Å². The molecular weight excluding hydrogens is 631 g/mol. The summed E-state index contributed by atoms with van der Waals surface area (Å²) in [6.07, 6.45) is 7.45. The molecule has 2 atom stereocenters. The number of carbonyl (C=O) groups is 1. The number of hydrogen-bond acceptors (Lipinski definition) is 9. The maximum absolute atomic E-state index is 12.0. The Hall–Kier alpha value is -3.12. The molecule has 3 aromatic rings. The summed E-state index contributed by atoms with van der Waals surface area (Å²) in [5, 5.41) is 11.6. The Kier molecular flexibility index (Phi) is 7.78. The van der Waals surface area contributed by atoms with Crippen LogP contribution in [-0.2, 0) is 4.74 Å². The second-order valence-electron chi connectivity index (χ2n) is 13.4. The Morgan fingerprint density at radius 2 is 1.72 bits per heavy atom. The van der Waals surface area contributed by atoms with Gasteiger partial charge in [0.15, 0.2) is 12.4 Å². The standard InChI is InChI=1S/C33H38Cl2N6O5/c1-44-18-46-22-12-23(27(19-4-5-19)25(34)13-22)28-26(35)14-24-29(36-28)37-31(45-17-33-8-2-10-40(33)11-3-9-33)38-30(24)39-15-20-6-7-21(16-39)41(20)32(42)43/h12-14,19-21H,2-11,15-18H2,1H3,(H,42,43)/t20-,21+. The number of fused-ring (bicyclic) bond motifs is 4. The summed E-state index contributed by atoms with van der Waals surface area (Å²) in [7, 11) is 1.57. The van der Waals surface area contributed by atoms with Crippen molar-refractivity contribution in [2.45, 2.75) is 74.9 Å². The van der Waals surface area contributed by atoms with Crippen LogP contribution in [0.3, 0.4) is 0 Å². The summed E-state index contributed by atoms with van der Waals surface area (Å²) in [4.78, 5) is 33.3. The second kappa shape index (κ2) is 11.8. The number of halogens is 2. The largest absolute Gasteiger partial charge is 0.467 e. The lowest BCUT2D eigenvalue weighted by atomic mass is 9.95. The lowest BCUT2D eigenvalue weighted by Crippen LogP contribution is -2.55. The number of pyridine rings is 1. The molecule has 1 N–H and O–H groups in total. The van der Waals surface area contributed by atoms with Gasteiger partial charge >= 0.3 is 12.1 Å². The number of benzene rings is 1. The van der Waals surface area contributed by atoms with Crippen LogP contribution in [0.4, 0.5) is 10.6 Å². The molecular formula is C33H38Cl2N6O5. The molecule has 244 valence electrons. The highest BCUT2D eigenvalue weighted by Gasteiger charge is 2.46. The van der Waals surface area contributed by atoms with E-state index in [1.807, 2.05) is 18.2 Å². The molecule has 5 fully saturated rings. The van der Waals surface area contributed by atoms with E-state index in [1.165, 1.54) is 12.8 Å². The molecule has 46 heavy (non-hydrogen) atoms. The van der Waals surface area contributed by atoms with Gasteiger partial charge in [-0.25, -0.2) is 9.78 Å². The zero-order chi connectivity index (χ0) is 31.6. The van der Waals surface area contributed by atoms with Crippen LogP contribution in [0.25, 0.3) is 22.3 Å². The summed E-state index contributed by atoms with van der Waals surface area (Å²) in [5.74, 6) is 1.57. The first-order valence-corrected chi connectivity index (χ1v) is 17.1. The molecule has 4 saturated heterocycles. The fourth-order valence-corrected chi connectivity index (χ4v) is 8.94. The van der Waals surface area contributed by atoms with Gasteiger partial charge in [0.1, 0.15) is 18.2 Å². The zero-order valence-corrected chi connectivity index (χ0v) is 27.4. The molecule has 2 aromatic heterocycles. The maximum atomic E-state index is 12.0. The second-order valence-corrected chi connectivity index (χ2v) is 14.2. The normalized spacial score (nSPS) is 23.7. The number of anilines is 1. The van der Waals surface area contributed by atoms with Crippen molar-refractivity contribution in [2.75, 3.05) is 51.6 Å². The third kappa shape index (κ3) is 5.29. The van der Waals surface area contributed by atoms with Crippen molar-refractivity contribution in [2.24, 2.45) is 0 Å². The Morgan fingerprint density at radius 3 is 2.39 bits per heavy atom. The first-order valence-electron chi connectivity index (χ1n) is 16.3. The van der Waals surface area contributed by atoms with E-state index in [4.69, 9.17) is 52.4 Å². The van der Waals surface area contributed by atoms with Crippen molar-refractivity contribution >= 4 is 46.1 Å². The minimum Gasteiger partial charge on any atom is -0.467 e. The van der Waals surface area contributed by atoms with Gasteiger partial charge in [-0.15, -0.1) is 0 Å². The number of methoxy groups -OCH3 is 1. The van der Waals surface area contributed by atoms with Crippen LogP contribution in [0.2, 0.25) is 10.0 Å². The fourth-order valence-electron chi connectivity index (χ4n) is 8.32. The van der Waals surface area contributed by atoms with Crippen molar-refractivity contribution in [3.05, 3.63) is 33.8 Å². The Bertz CT molecular complexity index is 1660. The number of piperazine rings is 1. The molecule has 1 aliphatic carbocycles. The quantitative estimate of drug-likeness (QED) is 0.265. The van der Waals surface area contributed by atoms with E-state index in [-0.39, 0.29) is 30.4 Å². The highest BCUT2D eigenvalue weighted by molar-refractivity contribution is 6.34. The van der Waals surface area contributed by atoms with Gasteiger partial charge in [-0.2, -0.15) is 9.97 Å². The number of amides is 1. The van der Waals surface area contributed by atoms with Gasteiger partial charge in [-0.1, -0.05) is 23.2 Å². The third-order valence-corrected chi connectivity index (χ3v) is 11.2. The zero-order valence-electron chi connectivity index (χ0n) is 25.9. The summed E-state index contributed by atoms with van der Waals surface area (Å²) >= 11 is 13.9. The molecule has 0 unspecified atom stereocenters. The minimum atomic E-state index is -0.864. The fraction of sp³-hybridized carbons (Fsp3) is 0.576. The molecule has 0 spiro atoms. The highest BCUT2D eigenvalue weighted by atomic mass is 35.5. The predicted octanol–water partition coefficient (Wildman–Crippen LogP) is 6.20. The summed E-state index contributed by atoms with van der Waals surface area (Å²) in [6.45, 7) is 3.89. The van der Waals surface area contributed by atoms with E-state index in [1.54, 1.807) is 12.0 Å². The van der Waals surface area contributed by atoms with Crippen molar-refractivity contribution in [3.63, 3.8) is 0 Å². The van der Waals surface area contributed by atoms with Crippen LogP contribution in [0.1, 0.15) is 62.8 Å². The van der Waals surface area contributed by atoms with E-state index in [0.717, 1.165) is 62.7 Å². The van der Waals surface area contributed by atoms with Crippen LogP contribution in [0.5, 0.6) is 11.8 Å². The van der Waals surface area contributed by atoms with Gasteiger partial charge in [-0.3, -0.25) is 9.80 Å². The van der Waals surface area contributed by atoms with E-state index in [9.17, 15) is 9.90 Å². The SMILES string of the molecule is COCOc1cc(Cl)c(C2CC2)c(-c2nc3nc(OCC45CCCN4CCC5)nc(N4C[C@H]5CC[C@@H](C4)N5C(=O)O)c3cc2Cl)c1. The van der Waals surface area contributed by atoms with Crippen molar-refractivity contribution in [1.29, 1.82) is 0 Å². The maximum Gasteiger partial charge on any atom is 0.407 e. The molecule has 5 aliphatic rings. The molecule has 4 aliphatic heterocycles. The molecule has 8 rings (SSSR count). The highest BCUT2D eigenvalue weighted by Crippen LogP contribution is 2.50. The number of ether oxygens (including phenoxy) is 3. The number of carboxylic acid groups (broad SMARTS) is 1. The summed E-state index contributed by atoms with van der Waals surface area (Å²) < 4.78 is 17.4. The van der Waals surface area contributed by atoms with Crippen LogP contribution >= 0.6 is 23.2 Å². The summed E-state index contributed by atoms with van der Waals surface area (Å²) in [5.41, 5.74) is 2.90. The Balaban J connectivity index is 1.22. The molecule has 6 heterocycles. The molecule has 1 saturated carbocycles. The number of nitrogens with zero attached hydrogens (tertiary/aromatic N) is 6. The average Bonchev–Trinajstić information content (AvgIpc) is 3.57.